The van der Waals surface area contributed by atoms with Crippen molar-refractivity contribution < 1.29 is 4.74 Å². The second-order valence-corrected chi connectivity index (χ2v) is 7.06. The Morgan fingerprint density at radius 2 is 2.21 bits per heavy atom. The van der Waals surface area contributed by atoms with E-state index in [0.29, 0.717) is 42.4 Å². The van der Waals surface area contributed by atoms with Crippen LogP contribution < -0.4 is 11.0 Å². The number of rotatable bonds is 5. The number of fused-ring (bicyclic) bond motifs is 1. The van der Waals surface area contributed by atoms with Crippen LogP contribution in [0.5, 0.6) is 0 Å². The number of nitrogens with one attached hydrogen (secondary N) is 1. The van der Waals surface area contributed by atoms with Gasteiger partial charge in [-0.15, -0.1) is 6.58 Å². The van der Waals surface area contributed by atoms with Crippen LogP contribution in [0.15, 0.2) is 41.8 Å². The molecule has 0 spiro atoms. The van der Waals surface area contributed by atoms with Crippen LogP contribution in [0.25, 0.3) is 11.2 Å². The molecular weight excluding hydrogens is 368 g/mol. The van der Waals surface area contributed by atoms with E-state index in [1.807, 2.05) is 13.0 Å². The molecule has 1 saturated heterocycles. The van der Waals surface area contributed by atoms with E-state index in [0.717, 1.165) is 24.1 Å². The van der Waals surface area contributed by atoms with Gasteiger partial charge in [-0.3, -0.25) is 9.13 Å². The second kappa shape index (κ2) is 7.89. The van der Waals surface area contributed by atoms with Gasteiger partial charge >= 0.3 is 5.69 Å². The molecule has 0 atom stereocenters. The van der Waals surface area contributed by atoms with Crippen LogP contribution in [-0.4, -0.2) is 32.3 Å². The molecule has 1 N–H and O–H groups in total. The SMILES string of the molecule is C=CCn1c(=O)n(C2CCOCC2)c2nc(Nc3ccc(C#N)cc3C)ncc21. The Labute approximate surface area is 168 Å². The molecule has 3 heterocycles. The van der Waals surface area contributed by atoms with Crippen molar-refractivity contribution in [1.29, 1.82) is 5.26 Å². The van der Waals surface area contributed by atoms with Crippen LogP contribution in [0.1, 0.15) is 30.0 Å². The first-order valence-electron chi connectivity index (χ1n) is 9.56. The molecule has 1 aliphatic heterocycles. The third kappa shape index (κ3) is 3.52. The first kappa shape index (κ1) is 18.9. The van der Waals surface area contributed by atoms with Crippen LogP contribution in [0, 0.1) is 18.3 Å². The maximum Gasteiger partial charge on any atom is 0.330 e. The molecule has 148 valence electrons. The highest BCUT2D eigenvalue weighted by Crippen LogP contribution is 2.25. The normalized spacial score (nSPS) is 14.6. The van der Waals surface area contributed by atoms with E-state index >= 15 is 0 Å². The van der Waals surface area contributed by atoms with E-state index in [9.17, 15) is 4.79 Å². The zero-order valence-electron chi connectivity index (χ0n) is 16.3. The summed E-state index contributed by atoms with van der Waals surface area (Å²) in [6.07, 6.45) is 4.91. The average Bonchev–Trinajstić information content (AvgIpc) is 3.01. The van der Waals surface area contributed by atoms with Gasteiger partial charge in [0.2, 0.25) is 5.95 Å². The quantitative estimate of drug-likeness (QED) is 0.673. The van der Waals surface area contributed by atoms with Crippen molar-refractivity contribution in [3.05, 3.63) is 58.7 Å². The molecule has 3 aromatic rings. The minimum atomic E-state index is -0.104. The van der Waals surface area contributed by atoms with Gasteiger partial charge in [-0.1, -0.05) is 6.08 Å². The number of nitrogens with zero attached hydrogens (tertiary/aromatic N) is 5. The van der Waals surface area contributed by atoms with Crippen molar-refractivity contribution >= 4 is 22.8 Å². The lowest BCUT2D eigenvalue weighted by Gasteiger charge is -2.22. The Bertz CT molecular complexity index is 1160. The van der Waals surface area contributed by atoms with E-state index in [4.69, 9.17) is 10.00 Å². The standard InChI is InChI=1S/C21H22N6O2/c1-3-8-26-18-13-23-20(24-17-5-4-15(12-22)11-14(17)2)25-19(18)27(21(26)28)16-6-9-29-10-7-16/h3-5,11,13,16H,1,6-10H2,2H3,(H,23,24,25). The summed E-state index contributed by atoms with van der Waals surface area (Å²) in [4.78, 5) is 22.2. The molecule has 0 aliphatic carbocycles. The molecule has 1 aromatic carbocycles. The summed E-state index contributed by atoms with van der Waals surface area (Å²) in [5.41, 5.74) is 3.51. The number of imidazole rings is 1. The van der Waals surface area contributed by atoms with Gasteiger partial charge in [-0.25, -0.2) is 9.78 Å². The molecule has 1 fully saturated rings. The maximum atomic E-state index is 13.1. The fourth-order valence-corrected chi connectivity index (χ4v) is 3.69. The lowest BCUT2D eigenvalue weighted by Crippen LogP contribution is -2.30. The lowest BCUT2D eigenvalue weighted by atomic mass is 10.1. The number of hydrogen-bond donors (Lipinski definition) is 1. The third-order valence-corrected chi connectivity index (χ3v) is 5.18. The van der Waals surface area contributed by atoms with Gasteiger partial charge < -0.3 is 10.1 Å². The highest BCUT2D eigenvalue weighted by molar-refractivity contribution is 5.73. The van der Waals surface area contributed by atoms with Crippen LogP contribution in [-0.2, 0) is 11.3 Å². The van der Waals surface area contributed by atoms with Gasteiger partial charge in [-0.2, -0.15) is 10.2 Å². The van der Waals surface area contributed by atoms with Gasteiger partial charge in [0.15, 0.2) is 5.65 Å². The van der Waals surface area contributed by atoms with Crippen LogP contribution >= 0.6 is 0 Å². The van der Waals surface area contributed by atoms with E-state index < -0.39 is 0 Å². The first-order valence-corrected chi connectivity index (χ1v) is 9.56. The summed E-state index contributed by atoms with van der Waals surface area (Å²) in [6.45, 7) is 7.34. The Balaban J connectivity index is 1.79. The molecule has 0 amide bonds. The fourth-order valence-electron chi connectivity index (χ4n) is 3.69. The van der Waals surface area contributed by atoms with Crippen molar-refractivity contribution in [3.63, 3.8) is 0 Å². The van der Waals surface area contributed by atoms with Gasteiger partial charge in [0.25, 0.3) is 0 Å². The van der Waals surface area contributed by atoms with Gasteiger partial charge in [0.1, 0.15) is 5.52 Å². The molecule has 0 radical (unpaired) electrons. The maximum absolute atomic E-state index is 13.1. The Hall–Kier alpha value is -3.44. The average molecular weight is 390 g/mol. The largest absolute Gasteiger partial charge is 0.381 e. The van der Waals surface area contributed by atoms with Crippen molar-refractivity contribution in [2.24, 2.45) is 0 Å². The van der Waals surface area contributed by atoms with Crippen molar-refractivity contribution in [3.8, 4) is 6.07 Å². The number of anilines is 2. The summed E-state index contributed by atoms with van der Waals surface area (Å²) < 4.78 is 8.87. The highest BCUT2D eigenvalue weighted by atomic mass is 16.5. The number of aryl methyl sites for hydroxylation is 1. The monoisotopic (exact) mass is 390 g/mol. The predicted octanol–water partition coefficient (Wildman–Crippen LogP) is 3.05. The molecule has 2 aromatic heterocycles. The minimum Gasteiger partial charge on any atom is -0.381 e. The summed E-state index contributed by atoms with van der Waals surface area (Å²) in [5, 5.41) is 12.2. The lowest BCUT2D eigenvalue weighted by molar-refractivity contribution is 0.0695. The zero-order chi connectivity index (χ0) is 20.4. The van der Waals surface area contributed by atoms with Crippen molar-refractivity contribution in [2.45, 2.75) is 32.4 Å². The summed E-state index contributed by atoms with van der Waals surface area (Å²) in [6, 6.07) is 7.55. The number of ether oxygens (including phenoxy) is 1. The first-order chi connectivity index (χ1) is 14.1. The number of allylic oxidation sites excluding steroid dienone is 1. The molecule has 4 rings (SSSR count). The Morgan fingerprint density at radius 3 is 2.90 bits per heavy atom. The van der Waals surface area contributed by atoms with E-state index in [-0.39, 0.29) is 11.7 Å². The predicted molar refractivity (Wildman–Crippen MR) is 110 cm³/mol. The fraction of sp³-hybridized carbons (Fsp3) is 0.333. The van der Waals surface area contributed by atoms with E-state index in [1.54, 1.807) is 33.5 Å². The molecule has 1 aliphatic rings. The third-order valence-electron chi connectivity index (χ3n) is 5.18. The highest BCUT2D eigenvalue weighted by Gasteiger charge is 2.24. The molecule has 8 nitrogen and oxygen atoms in total. The molecular formula is C21H22N6O2. The van der Waals surface area contributed by atoms with Gasteiger partial charge in [0.05, 0.1) is 17.8 Å². The van der Waals surface area contributed by atoms with Crippen LogP contribution in [0.2, 0.25) is 0 Å². The summed E-state index contributed by atoms with van der Waals surface area (Å²) >= 11 is 0. The number of nitriles is 1. The van der Waals surface area contributed by atoms with E-state index in [1.165, 1.54) is 0 Å². The Morgan fingerprint density at radius 1 is 1.41 bits per heavy atom. The van der Waals surface area contributed by atoms with Gasteiger partial charge in [0, 0.05) is 31.5 Å². The summed E-state index contributed by atoms with van der Waals surface area (Å²) in [7, 11) is 0. The van der Waals surface area contributed by atoms with Crippen molar-refractivity contribution in [1.82, 2.24) is 19.1 Å². The van der Waals surface area contributed by atoms with Crippen LogP contribution in [0.4, 0.5) is 11.6 Å². The zero-order valence-corrected chi connectivity index (χ0v) is 16.3. The summed E-state index contributed by atoms with van der Waals surface area (Å²) in [5.74, 6) is 0.405. The molecule has 0 saturated carbocycles. The minimum absolute atomic E-state index is 0.0456. The topological polar surface area (TPSA) is 97.8 Å². The number of aromatic nitrogens is 4. The molecule has 0 bridgehead atoms. The van der Waals surface area contributed by atoms with Crippen molar-refractivity contribution in [2.75, 3.05) is 18.5 Å². The smallest absolute Gasteiger partial charge is 0.330 e. The molecule has 8 heteroatoms. The van der Waals surface area contributed by atoms with E-state index in [2.05, 4.69) is 27.9 Å². The molecule has 0 unspecified atom stereocenters. The number of benzene rings is 1. The van der Waals surface area contributed by atoms with Gasteiger partial charge in [-0.05, 0) is 43.5 Å². The molecule has 29 heavy (non-hydrogen) atoms. The number of hydrogen-bond acceptors (Lipinski definition) is 6. The Kier molecular flexibility index (Phi) is 5.14. The second-order valence-electron chi connectivity index (χ2n) is 7.06. The van der Waals surface area contributed by atoms with Crippen LogP contribution in [0.3, 0.4) is 0 Å².